The number of carbonyl (C=O) groups excluding carboxylic acids is 2. The quantitative estimate of drug-likeness (QED) is 0.752. The fourth-order valence-corrected chi connectivity index (χ4v) is 2.32. The number of halogens is 2. The lowest BCUT2D eigenvalue weighted by molar-refractivity contribution is -0.130. The molecule has 0 bridgehead atoms. The highest BCUT2D eigenvalue weighted by Crippen LogP contribution is 2.23. The number of amides is 2. The number of hydrogen-bond acceptors (Lipinski definition) is 3. The molecular weight excluding hydrogens is 327 g/mol. The maximum Gasteiger partial charge on any atom is 0.272 e. The molecule has 3 N–H and O–H groups in total. The van der Waals surface area contributed by atoms with E-state index in [0.717, 1.165) is 0 Å². The Morgan fingerprint density at radius 3 is 2.09 bits per heavy atom. The molecule has 0 aliphatic carbocycles. The number of nitrogens with one attached hydrogen (secondary N) is 2. The summed E-state index contributed by atoms with van der Waals surface area (Å²) in [7, 11) is 0. The molecule has 0 aliphatic heterocycles. The Balaban J connectivity index is 2.01. The smallest absolute Gasteiger partial charge is 0.272 e. The van der Waals surface area contributed by atoms with E-state index in [1.807, 2.05) is 0 Å². The number of hydrazine groups is 1. The van der Waals surface area contributed by atoms with Gasteiger partial charge in [0, 0.05) is 0 Å². The molecule has 0 fully saturated rings. The summed E-state index contributed by atoms with van der Waals surface area (Å²) in [6, 6.07) is 12.9. The van der Waals surface area contributed by atoms with Crippen LogP contribution in [0.5, 0.6) is 0 Å². The second kappa shape index (κ2) is 7.26. The maximum absolute atomic E-state index is 12.0. The van der Waals surface area contributed by atoms with Gasteiger partial charge in [-0.1, -0.05) is 59.6 Å². The molecule has 1 atom stereocenters. The zero-order valence-corrected chi connectivity index (χ0v) is 12.7. The third-order valence-corrected chi connectivity index (χ3v) is 3.48. The van der Waals surface area contributed by atoms with Crippen molar-refractivity contribution >= 4 is 35.0 Å². The minimum absolute atomic E-state index is 0.0420. The van der Waals surface area contributed by atoms with Crippen LogP contribution in [0.4, 0.5) is 0 Å². The Morgan fingerprint density at radius 2 is 1.50 bits per heavy atom. The monoisotopic (exact) mass is 338 g/mol. The molecular formula is C15H12Cl2N2O3. The molecule has 22 heavy (non-hydrogen) atoms. The Bertz CT molecular complexity index is 672. The maximum atomic E-state index is 12.0. The van der Waals surface area contributed by atoms with E-state index in [2.05, 4.69) is 10.9 Å². The molecule has 2 aromatic carbocycles. The second-order valence-corrected chi connectivity index (χ2v) is 5.17. The number of aliphatic hydroxyl groups is 1. The number of aliphatic hydroxyl groups excluding tert-OH is 1. The molecule has 2 aromatic rings. The van der Waals surface area contributed by atoms with Crippen molar-refractivity contribution in [3.63, 3.8) is 0 Å². The van der Waals surface area contributed by atoms with E-state index in [9.17, 15) is 14.7 Å². The van der Waals surface area contributed by atoms with Gasteiger partial charge in [0.25, 0.3) is 11.8 Å². The largest absolute Gasteiger partial charge is 0.378 e. The van der Waals surface area contributed by atoms with Crippen LogP contribution in [0.2, 0.25) is 10.0 Å². The van der Waals surface area contributed by atoms with Crippen molar-refractivity contribution in [1.29, 1.82) is 0 Å². The van der Waals surface area contributed by atoms with Crippen LogP contribution in [0.3, 0.4) is 0 Å². The molecule has 0 aromatic heterocycles. The minimum Gasteiger partial charge on any atom is -0.378 e. The fraction of sp³-hybridized carbons (Fsp3) is 0.0667. The summed E-state index contributed by atoms with van der Waals surface area (Å²) in [5.74, 6) is -1.45. The lowest BCUT2D eigenvalue weighted by atomic mass is 10.1. The van der Waals surface area contributed by atoms with Gasteiger partial charge in [-0.2, -0.15) is 0 Å². The van der Waals surface area contributed by atoms with Gasteiger partial charge in [-0.05, 0) is 17.7 Å². The highest BCUT2D eigenvalue weighted by atomic mass is 35.5. The summed E-state index contributed by atoms with van der Waals surface area (Å²) in [5, 5.41) is 10.2. The molecule has 7 heteroatoms. The van der Waals surface area contributed by atoms with Crippen LogP contribution in [0.25, 0.3) is 0 Å². The highest BCUT2D eigenvalue weighted by molar-refractivity contribution is 6.39. The normalized spacial score (nSPS) is 11.6. The van der Waals surface area contributed by atoms with E-state index in [0.29, 0.717) is 5.56 Å². The van der Waals surface area contributed by atoms with Crippen LogP contribution in [0, 0.1) is 0 Å². The Morgan fingerprint density at radius 1 is 0.909 bits per heavy atom. The molecule has 114 valence electrons. The predicted molar refractivity (Wildman–Crippen MR) is 83.5 cm³/mol. The van der Waals surface area contributed by atoms with Gasteiger partial charge >= 0.3 is 0 Å². The molecule has 5 nitrogen and oxygen atoms in total. The van der Waals surface area contributed by atoms with Gasteiger partial charge in [-0.25, -0.2) is 0 Å². The average Bonchev–Trinajstić information content (AvgIpc) is 2.52. The van der Waals surface area contributed by atoms with Crippen LogP contribution in [0.1, 0.15) is 22.0 Å². The first-order valence-electron chi connectivity index (χ1n) is 6.28. The summed E-state index contributed by atoms with van der Waals surface area (Å²) in [6.45, 7) is 0. The van der Waals surface area contributed by atoms with Gasteiger partial charge in [0.1, 0.15) is 0 Å². The second-order valence-electron chi connectivity index (χ2n) is 4.35. The van der Waals surface area contributed by atoms with Crippen LogP contribution in [0.15, 0.2) is 48.5 Å². The lowest BCUT2D eigenvalue weighted by Gasteiger charge is -2.13. The zero-order valence-electron chi connectivity index (χ0n) is 11.2. The lowest BCUT2D eigenvalue weighted by Crippen LogP contribution is -2.44. The molecule has 0 radical (unpaired) electrons. The van der Waals surface area contributed by atoms with Crippen molar-refractivity contribution in [2.45, 2.75) is 6.10 Å². The summed E-state index contributed by atoms with van der Waals surface area (Å²) >= 11 is 11.8. The molecule has 0 saturated heterocycles. The van der Waals surface area contributed by atoms with E-state index in [1.54, 1.807) is 36.4 Å². The van der Waals surface area contributed by atoms with Crippen molar-refractivity contribution in [2.24, 2.45) is 0 Å². The van der Waals surface area contributed by atoms with Crippen molar-refractivity contribution in [1.82, 2.24) is 10.9 Å². The van der Waals surface area contributed by atoms with Gasteiger partial charge < -0.3 is 5.11 Å². The van der Waals surface area contributed by atoms with Crippen molar-refractivity contribution in [3.05, 3.63) is 69.7 Å². The first kappa shape index (κ1) is 16.3. The Kier molecular flexibility index (Phi) is 5.38. The molecule has 2 amide bonds. The van der Waals surface area contributed by atoms with E-state index in [1.165, 1.54) is 12.1 Å². The third kappa shape index (κ3) is 3.76. The molecule has 0 spiro atoms. The third-order valence-electron chi connectivity index (χ3n) is 2.85. The van der Waals surface area contributed by atoms with Crippen LogP contribution < -0.4 is 10.9 Å². The summed E-state index contributed by atoms with van der Waals surface area (Å²) < 4.78 is 0. The van der Waals surface area contributed by atoms with Gasteiger partial charge in [0.15, 0.2) is 6.10 Å². The number of hydrogen-bond donors (Lipinski definition) is 3. The summed E-state index contributed by atoms with van der Waals surface area (Å²) in [5.41, 5.74) is 4.74. The molecule has 0 saturated carbocycles. The standard InChI is InChI=1S/C15H12Cl2N2O3/c16-10-7-4-8-11(17)12(10)14(21)18-19-15(22)13(20)9-5-2-1-3-6-9/h1-8,13,20H,(H,18,21)(H,19,22). The van der Waals surface area contributed by atoms with E-state index < -0.39 is 17.9 Å². The average molecular weight is 339 g/mol. The van der Waals surface area contributed by atoms with Crippen molar-refractivity contribution < 1.29 is 14.7 Å². The van der Waals surface area contributed by atoms with Gasteiger partial charge in [-0.15, -0.1) is 0 Å². The molecule has 0 aliphatic rings. The highest BCUT2D eigenvalue weighted by Gasteiger charge is 2.19. The van der Waals surface area contributed by atoms with Crippen LogP contribution >= 0.6 is 23.2 Å². The van der Waals surface area contributed by atoms with E-state index in [-0.39, 0.29) is 15.6 Å². The SMILES string of the molecule is O=C(NNC(=O)C(O)c1ccccc1)c1c(Cl)cccc1Cl. The zero-order chi connectivity index (χ0) is 16.1. The summed E-state index contributed by atoms with van der Waals surface area (Å²) in [4.78, 5) is 23.8. The number of rotatable bonds is 3. The van der Waals surface area contributed by atoms with Gasteiger partial charge in [0.2, 0.25) is 0 Å². The van der Waals surface area contributed by atoms with Crippen LogP contribution in [-0.4, -0.2) is 16.9 Å². The number of benzene rings is 2. The molecule has 2 rings (SSSR count). The van der Waals surface area contributed by atoms with E-state index >= 15 is 0 Å². The number of carbonyl (C=O) groups is 2. The minimum atomic E-state index is -1.40. The Labute approximate surface area is 136 Å². The van der Waals surface area contributed by atoms with Gasteiger partial charge in [0.05, 0.1) is 15.6 Å². The fourth-order valence-electron chi connectivity index (χ4n) is 1.75. The molecule has 1 unspecified atom stereocenters. The summed E-state index contributed by atoms with van der Waals surface area (Å²) in [6.07, 6.45) is -1.40. The van der Waals surface area contributed by atoms with Crippen molar-refractivity contribution in [3.8, 4) is 0 Å². The predicted octanol–water partition coefficient (Wildman–Crippen LogP) is 2.49. The van der Waals surface area contributed by atoms with Crippen molar-refractivity contribution in [2.75, 3.05) is 0 Å². The van der Waals surface area contributed by atoms with Crippen LogP contribution in [-0.2, 0) is 4.79 Å². The molecule has 0 heterocycles. The topological polar surface area (TPSA) is 78.4 Å². The Hall–Kier alpha value is -2.08. The van der Waals surface area contributed by atoms with Gasteiger partial charge in [-0.3, -0.25) is 20.4 Å². The first-order chi connectivity index (χ1) is 10.5. The van der Waals surface area contributed by atoms with E-state index in [4.69, 9.17) is 23.2 Å². The first-order valence-corrected chi connectivity index (χ1v) is 7.03.